The summed E-state index contributed by atoms with van der Waals surface area (Å²) in [5.41, 5.74) is 2.25. The fraction of sp³-hybridized carbons (Fsp3) is 0.600. The van der Waals surface area contributed by atoms with Gasteiger partial charge >= 0.3 is 0 Å². The molecule has 24 heavy (non-hydrogen) atoms. The third-order valence-electron chi connectivity index (χ3n) is 4.99. The smallest absolute Gasteiger partial charge is 0.243 e. The van der Waals surface area contributed by atoms with Gasteiger partial charge < -0.3 is 10.2 Å². The zero-order valence-corrected chi connectivity index (χ0v) is 15.2. The summed E-state index contributed by atoms with van der Waals surface area (Å²) in [6.45, 7) is 6.38. The van der Waals surface area contributed by atoms with Gasteiger partial charge in [-0.2, -0.15) is 0 Å². The first-order valence-corrected chi connectivity index (χ1v) is 9.21. The topological polar surface area (TPSA) is 49.4 Å². The van der Waals surface area contributed by atoms with Crippen molar-refractivity contribution in [2.45, 2.75) is 77.9 Å². The number of carbonyl (C=O) groups excluding carboxylic acids is 2. The Labute approximate surface area is 145 Å². The van der Waals surface area contributed by atoms with E-state index in [-0.39, 0.29) is 17.9 Å². The van der Waals surface area contributed by atoms with Crippen LogP contribution in [0.15, 0.2) is 24.3 Å². The second-order valence-electron chi connectivity index (χ2n) is 6.72. The summed E-state index contributed by atoms with van der Waals surface area (Å²) in [6, 6.07) is 7.95. The maximum atomic E-state index is 12.8. The number of benzene rings is 1. The Balaban J connectivity index is 2.15. The summed E-state index contributed by atoms with van der Waals surface area (Å²) in [7, 11) is 0. The van der Waals surface area contributed by atoms with Gasteiger partial charge in [0.15, 0.2) is 0 Å². The van der Waals surface area contributed by atoms with Crippen molar-refractivity contribution in [1.82, 2.24) is 10.2 Å². The van der Waals surface area contributed by atoms with E-state index in [2.05, 4.69) is 5.32 Å². The monoisotopic (exact) mass is 330 g/mol. The molecule has 0 spiro atoms. The summed E-state index contributed by atoms with van der Waals surface area (Å²) in [5.74, 6) is 0.0338. The van der Waals surface area contributed by atoms with Crippen LogP contribution >= 0.6 is 0 Å². The van der Waals surface area contributed by atoms with Crippen molar-refractivity contribution >= 4 is 11.8 Å². The van der Waals surface area contributed by atoms with Gasteiger partial charge in [-0.1, -0.05) is 51.0 Å². The van der Waals surface area contributed by atoms with Crippen LogP contribution < -0.4 is 5.32 Å². The van der Waals surface area contributed by atoms with Gasteiger partial charge in [0, 0.05) is 19.0 Å². The number of aryl methyl sites for hydroxylation is 1. The first-order chi connectivity index (χ1) is 11.6. The lowest BCUT2D eigenvalue weighted by molar-refractivity contribution is -0.141. The SMILES string of the molecule is CCC(=O)N(Cc1ccccc1C)[C@@H](CC)C(=O)NC1CCCC1. The van der Waals surface area contributed by atoms with Gasteiger partial charge in [0.2, 0.25) is 11.8 Å². The molecular formula is C20H30N2O2. The van der Waals surface area contributed by atoms with E-state index in [0.717, 1.165) is 24.0 Å². The molecule has 1 aliphatic rings. The highest BCUT2D eigenvalue weighted by atomic mass is 16.2. The summed E-state index contributed by atoms with van der Waals surface area (Å²) in [6.07, 6.45) is 5.53. The van der Waals surface area contributed by atoms with Crippen LogP contribution in [0.1, 0.15) is 63.5 Å². The highest BCUT2D eigenvalue weighted by Crippen LogP contribution is 2.20. The standard InChI is InChI=1S/C20H30N2O2/c1-4-18(20(24)21-17-12-8-9-13-17)22(19(23)5-2)14-16-11-7-6-10-15(16)3/h6-7,10-11,17-18H,4-5,8-9,12-14H2,1-3H3,(H,21,24)/t18-/m0/s1. The third-order valence-corrected chi connectivity index (χ3v) is 4.99. The van der Waals surface area contributed by atoms with Crippen molar-refractivity contribution in [3.63, 3.8) is 0 Å². The average Bonchev–Trinajstić information content (AvgIpc) is 3.08. The molecule has 1 atom stereocenters. The first-order valence-electron chi connectivity index (χ1n) is 9.21. The van der Waals surface area contributed by atoms with Crippen LogP contribution in [0.5, 0.6) is 0 Å². The third kappa shape index (κ3) is 4.59. The molecule has 1 saturated carbocycles. The minimum absolute atomic E-state index is 0.000200. The van der Waals surface area contributed by atoms with Gasteiger partial charge in [0.1, 0.15) is 6.04 Å². The number of nitrogens with zero attached hydrogens (tertiary/aromatic N) is 1. The molecule has 0 radical (unpaired) electrons. The zero-order valence-electron chi connectivity index (χ0n) is 15.2. The first kappa shape index (κ1) is 18.5. The Bertz CT molecular complexity index is 565. The number of hydrogen-bond acceptors (Lipinski definition) is 2. The number of rotatable bonds is 7. The molecular weight excluding hydrogens is 300 g/mol. The molecule has 1 aromatic rings. The van der Waals surface area contributed by atoms with Crippen LogP contribution in [0.25, 0.3) is 0 Å². The highest BCUT2D eigenvalue weighted by molar-refractivity contribution is 5.87. The molecule has 0 bridgehead atoms. The summed E-state index contributed by atoms with van der Waals surface area (Å²) < 4.78 is 0. The Hall–Kier alpha value is -1.84. The molecule has 0 unspecified atom stereocenters. The molecule has 0 heterocycles. The van der Waals surface area contributed by atoms with E-state index < -0.39 is 6.04 Å². The Morgan fingerprint density at radius 2 is 1.88 bits per heavy atom. The zero-order chi connectivity index (χ0) is 17.5. The Morgan fingerprint density at radius 1 is 1.21 bits per heavy atom. The molecule has 4 nitrogen and oxygen atoms in total. The van der Waals surface area contributed by atoms with Gasteiger partial charge in [0.25, 0.3) is 0 Å². The normalized spacial score (nSPS) is 16.0. The summed E-state index contributed by atoms with van der Waals surface area (Å²) in [5, 5.41) is 3.16. The predicted molar refractivity (Wildman–Crippen MR) is 96.5 cm³/mol. The molecule has 1 N–H and O–H groups in total. The van der Waals surface area contributed by atoms with E-state index in [4.69, 9.17) is 0 Å². The lowest BCUT2D eigenvalue weighted by Gasteiger charge is -2.31. The van der Waals surface area contributed by atoms with Crippen LogP contribution in [-0.4, -0.2) is 28.8 Å². The molecule has 132 valence electrons. The number of carbonyl (C=O) groups is 2. The summed E-state index contributed by atoms with van der Waals surface area (Å²) in [4.78, 5) is 27.0. The second-order valence-corrected chi connectivity index (χ2v) is 6.72. The number of amides is 2. The molecule has 2 amide bonds. The van der Waals surface area contributed by atoms with Crippen molar-refractivity contribution in [2.75, 3.05) is 0 Å². The van der Waals surface area contributed by atoms with Crippen LogP contribution in [-0.2, 0) is 16.1 Å². The quantitative estimate of drug-likeness (QED) is 0.831. The molecule has 0 aromatic heterocycles. The van der Waals surface area contributed by atoms with E-state index in [9.17, 15) is 9.59 Å². The van der Waals surface area contributed by atoms with E-state index in [1.54, 1.807) is 4.90 Å². The molecule has 2 rings (SSSR count). The van der Waals surface area contributed by atoms with Crippen molar-refractivity contribution < 1.29 is 9.59 Å². The maximum absolute atomic E-state index is 12.8. The minimum atomic E-state index is -0.391. The van der Waals surface area contributed by atoms with Crippen molar-refractivity contribution in [3.8, 4) is 0 Å². The molecule has 4 heteroatoms. The lowest BCUT2D eigenvalue weighted by atomic mass is 10.1. The molecule has 1 aliphatic carbocycles. The van der Waals surface area contributed by atoms with Crippen molar-refractivity contribution in [3.05, 3.63) is 35.4 Å². The van der Waals surface area contributed by atoms with E-state index in [1.165, 1.54) is 12.8 Å². The van der Waals surface area contributed by atoms with Crippen molar-refractivity contribution in [2.24, 2.45) is 0 Å². The van der Waals surface area contributed by atoms with E-state index in [1.807, 2.05) is 45.0 Å². The van der Waals surface area contributed by atoms with Crippen LogP contribution in [0.3, 0.4) is 0 Å². The Morgan fingerprint density at radius 3 is 2.46 bits per heavy atom. The van der Waals surface area contributed by atoms with Crippen molar-refractivity contribution in [1.29, 1.82) is 0 Å². The van der Waals surface area contributed by atoms with Gasteiger partial charge in [0.05, 0.1) is 0 Å². The van der Waals surface area contributed by atoms with Crippen LogP contribution in [0.4, 0.5) is 0 Å². The fourth-order valence-electron chi connectivity index (χ4n) is 3.46. The van der Waals surface area contributed by atoms with Gasteiger partial charge in [-0.05, 0) is 37.3 Å². The molecule has 0 saturated heterocycles. The number of hydrogen-bond donors (Lipinski definition) is 1. The largest absolute Gasteiger partial charge is 0.352 e. The highest BCUT2D eigenvalue weighted by Gasteiger charge is 2.29. The van der Waals surface area contributed by atoms with Gasteiger partial charge in [-0.25, -0.2) is 0 Å². The molecule has 0 aliphatic heterocycles. The molecule has 1 aromatic carbocycles. The van der Waals surface area contributed by atoms with Crippen LogP contribution in [0.2, 0.25) is 0 Å². The minimum Gasteiger partial charge on any atom is -0.352 e. The lowest BCUT2D eigenvalue weighted by Crippen LogP contribution is -2.50. The molecule has 1 fully saturated rings. The average molecular weight is 330 g/mol. The Kier molecular flexibility index (Phi) is 6.83. The predicted octanol–water partition coefficient (Wildman–Crippen LogP) is 3.57. The van der Waals surface area contributed by atoms with Gasteiger partial charge in [-0.3, -0.25) is 9.59 Å². The number of nitrogens with one attached hydrogen (secondary N) is 1. The maximum Gasteiger partial charge on any atom is 0.243 e. The van der Waals surface area contributed by atoms with Gasteiger partial charge in [-0.15, -0.1) is 0 Å². The summed E-state index contributed by atoms with van der Waals surface area (Å²) >= 11 is 0. The van der Waals surface area contributed by atoms with E-state index in [0.29, 0.717) is 19.4 Å². The van der Waals surface area contributed by atoms with Crippen LogP contribution in [0, 0.1) is 6.92 Å². The fourth-order valence-corrected chi connectivity index (χ4v) is 3.46. The second kappa shape index (κ2) is 8.86. The van der Waals surface area contributed by atoms with E-state index >= 15 is 0 Å².